The molecule has 0 aliphatic rings. The molecule has 1 N–H and O–H groups in total. The van der Waals surface area contributed by atoms with Gasteiger partial charge in [0.25, 0.3) is 0 Å². The van der Waals surface area contributed by atoms with Crippen LogP contribution in [0.3, 0.4) is 0 Å². The maximum Gasteiger partial charge on any atom is 0.219 e. The van der Waals surface area contributed by atoms with Gasteiger partial charge in [0.05, 0.1) is 6.54 Å². The predicted molar refractivity (Wildman–Crippen MR) is 64.6 cm³/mol. The first-order chi connectivity index (χ1) is 7.77. The van der Waals surface area contributed by atoms with Crippen LogP contribution in [0.1, 0.15) is 25.8 Å². The van der Waals surface area contributed by atoms with Crippen LogP contribution in [0.2, 0.25) is 0 Å². The molecule has 0 atom stereocenters. The fourth-order valence-electron chi connectivity index (χ4n) is 1.41. The van der Waals surface area contributed by atoms with Gasteiger partial charge in [0.15, 0.2) is 0 Å². The molecule has 16 heavy (non-hydrogen) atoms. The molecule has 0 fully saturated rings. The third kappa shape index (κ3) is 3.93. The molecule has 1 rings (SSSR count). The number of benzene rings is 1. The summed E-state index contributed by atoms with van der Waals surface area (Å²) in [5.41, 5.74) is 1.20. The van der Waals surface area contributed by atoms with E-state index in [1.54, 1.807) is 0 Å². The van der Waals surface area contributed by atoms with Crippen LogP contribution < -0.4 is 10.1 Å². The molecule has 3 nitrogen and oxygen atoms in total. The van der Waals surface area contributed by atoms with E-state index >= 15 is 0 Å². The minimum atomic E-state index is 0.0624. The van der Waals surface area contributed by atoms with Crippen LogP contribution in [-0.4, -0.2) is 19.1 Å². The molecule has 0 aromatic heterocycles. The second-order valence-corrected chi connectivity index (χ2v) is 3.51. The van der Waals surface area contributed by atoms with Gasteiger partial charge in [-0.1, -0.05) is 32.0 Å². The van der Waals surface area contributed by atoms with Gasteiger partial charge in [0, 0.05) is 6.42 Å². The Labute approximate surface area is 96.8 Å². The molecule has 0 unspecified atom stereocenters. The number of hydrogen-bond acceptors (Lipinski definition) is 2. The van der Waals surface area contributed by atoms with Crippen molar-refractivity contribution in [3.63, 3.8) is 0 Å². The Kier molecular flexibility index (Phi) is 5.40. The van der Waals surface area contributed by atoms with E-state index in [9.17, 15) is 4.79 Å². The SMILES string of the molecule is CCC(=O)NCCOc1ccccc1CC. The first kappa shape index (κ1) is 12.6. The molecule has 0 aliphatic carbocycles. The average Bonchev–Trinajstić information content (AvgIpc) is 2.34. The molecular weight excluding hydrogens is 202 g/mol. The highest BCUT2D eigenvalue weighted by atomic mass is 16.5. The van der Waals surface area contributed by atoms with E-state index in [0.717, 1.165) is 12.2 Å². The molecular formula is C13H19NO2. The lowest BCUT2D eigenvalue weighted by Gasteiger charge is -2.10. The summed E-state index contributed by atoms with van der Waals surface area (Å²) in [6, 6.07) is 7.98. The van der Waals surface area contributed by atoms with Crippen LogP contribution in [0.4, 0.5) is 0 Å². The van der Waals surface area contributed by atoms with Crippen molar-refractivity contribution in [3.05, 3.63) is 29.8 Å². The summed E-state index contributed by atoms with van der Waals surface area (Å²) in [4.78, 5) is 11.0. The minimum Gasteiger partial charge on any atom is -0.491 e. The monoisotopic (exact) mass is 221 g/mol. The molecule has 1 amide bonds. The summed E-state index contributed by atoms with van der Waals surface area (Å²) < 4.78 is 5.61. The lowest BCUT2D eigenvalue weighted by atomic mass is 10.1. The lowest BCUT2D eigenvalue weighted by molar-refractivity contribution is -0.120. The first-order valence-corrected chi connectivity index (χ1v) is 5.75. The van der Waals surface area contributed by atoms with Crippen molar-refractivity contribution < 1.29 is 9.53 Å². The number of aryl methyl sites for hydroxylation is 1. The molecule has 0 radical (unpaired) electrons. The Morgan fingerprint density at radius 1 is 1.31 bits per heavy atom. The third-order valence-corrected chi connectivity index (χ3v) is 2.36. The Morgan fingerprint density at radius 2 is 2.06 bits per heavy atom. The van der Waals surface area contributed by atoms with Crippen LogP contribution >= 0.6 is 0 Å². The van der Waals surface area contributed by atoms with Crippen LogP contribution in [0, 0.1) is 0 Å². The number of carbonyl (C=O) groups is 1. The molecule has 3 heteroatoms. The van der Waals surface area contributed by atoms with Crippen LogP contribution in [0.5, 0.6) is 5.75 Å². The van der Waals surface area contributed by atoms with Gasteiger partial charge >= 0.3 is 0 Å². The van der Waals surface area contributed by atoms with Crippen molar-refractivity contribution in [2.75, 3.05) is 13.2 Å². The molecule has 0 saturated carbocycles. The third-order valence-electron chi connectivity index (χ3n) is 2.36. The topological polar surface area (TPSA) is 38.3 Å². The zero-order chi connectivity index (χ0) is 11.8. The highest BCUT2D eigenvalue weighted by molar-refractivity contribution is 5.75. The van der Waals surface area contributed by atoms with Gasteiger partial charge in [-0.05, 0) is 18.1 Å². The lowest BCUT2D eigenvalue weighted by Crippen LogP contribution is -2.27. The zero-order valence-electron chi connectivity index (χ0n) is 9.95. The highest BCUT2D eigenvalue weighted by Gasteiger charge is 2.00. The molecule has 0 heterocycles. The van der Waals surface area contributed by atoms with Gasteiger partial charge in [-0.2, -0.15) is 0 Å². The van der Waals surface area contributed by atoms with Crippen molar-refractivity contribution in [3.8, 4) is 5.75 Å². The maximum atomic E-state index is 11.0. The number of amides is 1. The molecule has 0 saturated heterocycles. The Morgan fingerprint density at radius 3 is 2.75 bits per heavy atom. The number of ether oxygens (including phenoxy) is 1. The Hall–Kier alpha value is -1.51. The first-order valence-electron chi connectivity index (χ1n) is 5.75. The summed E-state index contributed by atoms with van der Waals surface area (Å²) in [7, 11) is 0. The second kappa shape index (κ2) is 6.88. The van der Waals surface area contributed by atoms with Gasteiger partial charge in [-0.25, -0.2) is 0 Å². The van der Waals surface area contributed by atoms with Crippen molar-refractivity contribution in [2.45, 2.75) is 26.7 Å². The van der Waals surface area contributed by atoms with Crippen molar-refractivity contribution >= 4 is 5.91 Å². The summed E-state index contributed by atoms with van der Waals surface area (Å²) in [5, 5.41) is 2.78. The molecule has 0 spiro atoms. The van der Waals surface area contributed by atoms with E-state index in [0.29, 0.717) is 19.6 Å². The fraction of sp³-hybridized carbons (Fsp3) is 0.462. The zero-order valence-corrected chi connectivity index (χ0v) is 9.95. The van der Waals surface area contributed by atoms with Crippen LogP contribution in [0.15, 0.2) is 24.3 Å². The van der Waals surface area contributed by atoms with Crippen LogP contribution in [0.25, 0.3) is 0 Å². The van der Waals surface area contributed by atoms with E-state index in [1.807, 2.05) is 25.1 Å². The van der Waals surface area contributed by atoms with Crippen molar-refractivity contribution in [1.82, 2.24) is 5.32 Å². The van der Waals surface area contributed by atoms with Gasteiger partial charge in [-0.15, -0.1) is 0 Å². The smallest absolute Gasteiger partial charge is 0.219 e. The molecule has 1 aromatic carbocycles. The number of nitrogens with one attached hydrogen (secondary N) is 1. The second-order valence-electron chi connectivity index (χ2n) is 3.51. The number of carbonyl (C=O) groups excluding carboxylic acids is 1. The normalized spacial score (nSPS) is 9.88. The number of para-hydroxylation sites is 1. The van der Waals surface area contributed by atoms with E-state index in [2.05, 4.69) is 18.3 Å². The highest BCUT2D eigenvalue weighted by Crippen LogP contribution is 2.17. The van der Waals surface area contributed by atoms with E-state index in [-0.39, 0.29) is 5.91 Å². The van der Waals surface area contributed by atoms with Gasteiger partial charge in [-0.3, -0.25) is 4.79 Å². The summed E-state index contributed by atoms with van der Waals surface area (Å²) in [5.74, 6) is 0.975. The standard InChI is InChI=1S/C13H19NO2/c1-3-11-7-5-6-8-12(11)16-10-9-14-13(15)4-2/h5-8H,3-4,9-10H2,1-2H3,(H,14,15). The Balaban J connectivity index is 2.34. The number of hydrogen-bond donors (Lipinski definition) is 1. The van der Waals surface area contributed by atoms with Gasteiger partial charge in [0.1, 0.15) is 12.4 Å². The van der Waals surface area contributed by atoms with E-state index in [1.165, 1.54) is 5.56 Å². The number of rotatable bonds is 6. The van der Waals surface area contributed by atoms with Crippen molar-refractivity contribution in [1.29, 1.82) is 0 Å². The van der Waals surface area contributed by atoms with Gasteiger partial charge < -0.3 is 10.1 Å². The predicted octanol–water partition coefficient (Wildman–Crippen LogP) is 2.15. The summed E-state index contributed by atoms with van der Waals surface area (Å²) in [6.45, 7) is 5.01. The fourth-order valence-corrected chi connectivity index (χ4v) is 1.41. The maximum absolute atomic E-state index is 11.0. The quantitative estimate of drug-likeness (QED) is 0.747. The molecule has 0 bridgehead atoms. The van der Waals surface area contributed by atoms with E-state index < -0.39 is 0 Å². The van der Waals surface area contributed by atoms with Crippen LogP contribution in [-0.2, 0) is 11.2 Å². The summed E-state index contributed by atoms with van der Waals surface area (Å²) >= 11 is 0. The summed E-state index contributed by atoms with van der Waals surface area (Å²) in [6.07, 6.45) is 1.48. The van der Waals surface area contributed by atoms with E-state index in [4.69, 9.17) is 4.74 Å². The average molecular weight is 221 g/mol. The minimum absolute atomic E-state index is 0.0624. The van der Waals surface area contributed by atoms with Crippen molar-refractivity contribution in [2.24, 2.45) is 0 Å². The largest absolute Gasteiger partial charge is 0.491 e. The molecule has 0 aliphatic heterocycles. The Bertz CT molecular complexity index is 336. The van der Waals surface area contributed by atoms with Gasteiger partial charge in [0.2, 0.25) is 5.91 Å². The molecule has 1 aromatic rings. The molecule has 88 valence electrons.